The average Bonchev–Trinajstić information content (AvgIpc) is 2.51. The Labute approximate surface area is 139 Å². The van der Waals surface area contributed by atoms with E-state index in [1.54, 1.807) is 18.2 Å². The molecule has 0 unspecified atom stereocenters. The molecule has 2 rings (SSSR count). The lowest BCUT2D eigenvalue weighted by Crippen LogP contribution is -2.30. The highest BCUT2D eigenvalue weighted by Gasteiger charge is 2.05. The van der Waals surface area contributed by atoms with Crippen LogP contribution in [0.25, 0.3) is 0 Å². The van der Waals surface area contributed by atoms with Crippen LogP contribution >= 0.6 is 23.2 Å². The number of hydrogen-bond acceptors (Lipinski definition) is 2. The molecule has 4 nitrogen and oxygen atoms in total. The number of hydrogen-bond donors (Lipinski definition) is 3. The summed E-state index contributed by atoms with van der Waals surface area (Å²) >= 11 is 11.8. The Kier molecular flexibility index (Phi) is 6.07. The van der Waals surface area contributed by atoms with Gasteiger partial charge in [0.25, 0.3) is 0 Å². The summed E-state index contributed by atoms with van der Waals surface area (Å²) in [7, 11) is 0. The summed E-state index contributed by atoms with van der Waals surface area (Å²) in [6.07, 6.45) is 0.702. The number of benzene rings is 2. The molecule has 0 aliphatic carbocycles. The number of rotatable bonds is 5. The van der Waals surface area contributed by atoms with E-state index in [1.807, 2.05) is 24.3 Å². The van der Waals surface area contributed by atoms with Crippen molar-refractivity contribution in [3.8, 4) is 0 Å². The molecule has 0 saturated heterocycles. The van der Waals surface area contributed by atoms with Crippen LogP contribution in [0.4, 0.5) is 10.5 Å². The van der Waals surface area contributed by atoms with Gasteiger partial charge in [0.2, 0.25) is 0 Å². The second-order valence-corrected chi connectivity index (χ2v) is 5.57. The van der Waals surface area contributed by atoms with E-state index in [4.69, 9.17) is 28.3 Å². The summed E-state index contributed by atoms with van der Waals surface area (Å²) in [5.74, 6) is 0. The monoisotopic (exact) mass is 338 g/mol. The number of urea groups is 1. The molecular formula is C16H16Cl2N2O2. The summed E-state index contributed by atoms with van der Waals surface area (Å²) in [6.45, 7) is 0.526. The molecule has 22 heavy (non-hydrogen) atoms. The molecule has 0 saturated carbocycles. The number of amides is 2. The van der Waals surface area contributed by atoms with Crippen LogP contribution in [0, 0.1) is 0 Å². The molecule has 0 aliphatic heterocycles. The lowest BCUT2D eigenvalue weighted by atomic mass is 10.1. The molecule has 0 fully saturated rings. The van der Waals surface area contributed by atoms with Crippen LogP contribution in [0.2, 0.25) is 10.0 Å². The van der Waals surface area contributed by atoms with Crippen molar-refractivity contribution < 1.29 is 9.90 Å². The molecular weight excluding hydrogens is 323 g/mol. The zero-order valence-electron chi connectivity index (χ0n) is 11.8. The van der Waals surface area contributed by atoms with E-state index < -0.39 is 0 Å². The van der Waals surface area contributed by atoms with Gasteiger partial charge in [0.1, 0.15) is 0 Å². The van der Waals surface area contributed by atoms with E-state index in [0.717, 1.165) is 11.1 Å². The van der Waals surface area contributed by atoms with Gasteiger partial charge in [-0.3, -0.25) is 0 Å². The van der Waals surface area contributed by atoms with E-state index in [-0.39, 0.29) is 12.6 Å². The first-order valence-corrected chi connectivity index (χ1v) is 7.52. The Bertz CT molecular complexity index is 645. The van der Waals surface area contributed by atoms with Crippen molar-refractivity contribution in [2.75, 3.05) is 11.9 Å². The first kappa shape index (κ1) is 16.6. The van der Waals surface area contributed by atoms with Gasteiger partial charge in [0.15, 0.2) is 0 Å². The molecule has 0 spiro atoms. The van der Waals surface area contributed by atoms with E-state index in [2.05, 4.69) is 10.6 Å². The molecule has 3 N–H and O–H groups in total. The topological polar surface area (TPSA) is 61.4 Å². The zero-order chi connectivity index (χ0) is 15.9. The van der Waals surface area contributed by atoms with Crippen LogP contribution < -0.4 is 10.6 Å². The number of carbonyl (C=O) groups is 1. The predicted molar refractivity (Wildman–Crippen MR) is 89.6 cm³/mol. The van der Waals surface area contributed by atoms with Crippen molar-refractivity contribution >= 4 is 34.9 Å². The van der Waals surface area contributed by atoms with Crippen molar-refractivity contribution in [3.63, 3.8) is 0 Å². The quantitative estimate of drug-likeness (QED) is 0.775. The van der Waals surface area contributed by atoms with Gasteiger partial charge in [-0.05, 0) is 35.7 Å². The van der Waals surface area contributed by atoms with Crippen LogP contribution in [0.3, 0.4) is 0 Å². The molecule has 0 heterocycles. The second-order valence-electron chi connectivity index (χ2n) is 4.73. The second kappa shape index (κ2) is 8.03. The number of carbonyl (C=O) groups excluding carboxylic acids is 1. The van der Waals surface area contributed by atoms with E-state index in [9.17, 15) is 4.79 Å². The van der Waals surface area contributed by atoms with Crippen molar-refractivity contribution in [1.82, 2.24) is 5.32 Å². The van der Waals surface area contributed by atoms with E-state index >= 15 is 0 Å². The fraction of sp³-hybridized carbons (Fsp3) is 0.188. The molecule has 116 valence electrons. The number of aliphatic hydroxyl groups excluding tert-OH is 1. The van der Waals surface area contributed by atoms with Gasteiger partial charge in [0.05, 0.1) is 17.3 Å². The molecule has 0 bridgehead atoms. The maximum atomic E-state index is 11.8. The molecule has 0 radical (unpaired) electrons. The number of anilines is 1. The summed E-state index contributed by atoms with van der Waals surface area (Å²) < 4.78 is 0. The van der Waals surface area contributed by atoms with Crippen LogP contribution in [0.5, 0.6) is 0 Å². The normalized spacial score (nSPS) is 10.3. The van der Waals surface area contributed by atoms with E-state index in [0.29, 0.717) is 28.7 Å². The number of nitrogens with one attached hydrogen (secondary N) is 2. The maximum absolute atomic E-state index is 11.8. The van der Waals surface area contributed by atoms with E-state index in [1.165, 1.54) is 0 Å². The highest BCUT2D eigenvalue weighted by atomic mass is 35.5. The van der Waals surface area contributed by atoms with Crippen LogP contribution in [-0.4, -0.2) is 17.7 Å². The lowest BCUT2D eigenvalue weighted by Gasteiger charge is -2.09. The van der Waals surface area contributed by atoms with Crippen molar-refractivity contribution in [2.24, 2.45) is 0 Å². The zero-order valence-corrected chi connectivity index (χ0v) is 13.3. The first-order chi connectivity index (χ1) is 10.6. The molecule has 6 heteroatoms. The van der Waals surface area contributed by atoms with Gasteiger partial charge in [-0.25, -0.2) is 4.79 Å². The third-order valence-corrected chi connectivity index (χ3v) is 3.63. The first-order valence-electron chi connectivity index (χ1n) is 6.77. The molecule has 0 aliphatic rings. The fourth-order valence-electron chi connectivity index (χ4n) is 1.89. The van der Waals surface area contributed by atoms with Crippen LogP contribution in [-0.2, 0) is 13.0 Å². The van der Waals surface area contributed by atoms with Crippen LogP contribution in [0.15, 0.2) is 42.5 Å². The summed E-state index contributed by atoms with van der Waals surface area (Å²) in [5.41, 5.74) is 2.46. The van der Waals surface area contributed by atoms with Crippen molar-refractivity contribution in [1.29, 1.82) is 0 Å². The Hall–Kier alpha value is -1.75. The van der Waals surface area contributed by atoms with Gasteiger partial charge in [0, 0.05) is 11.6 Å². The minimum atomic E-state index is -0.323. The smallest absolute Gasteiger partial charge is 0.319 e. The van der Waals surface area contributed by atoms with Gasteiger partial charge in [-0.15, -0.1) is 0 Å². The highest BCUT2D eigenvalue weighted by molar-refractivity contribution is 6.36. The highest BCUT2D eigenvalue weighted by Crippen LogP contribution is 2.25. The predicted octanol–water partition coefficient (Wildman–Crippen LogP) is 3.85. The Morgan fingerprint density at radius 1 is 1.05 bits per heavy atom. The van der Waals surface area contributed by atoms with Gasteiger partial charge in [-0.2, -0.15) is 0 Å². The SMILES string of the molecule is O=C(NCCc1ccc(CO)cc1)Nc1ccc(Cl)cc1Cl. The third-order valence-electron chi connectivity index (χ3n) is 3.08. The fourth-order valence-corrected chi connectivity index (χ4v) is 2.34. The summed E-state index contributed by atoms with van der Waals surface area (Å²) in [4.78, 5) is 11.8. The van der Waals surface area contributed by atoms with Gasteiger partial charge >= 0.3 is 6.03 Å². The molecule has 0 aromatic heterocycles. The largest absolute Gasteiger partial charge is 0.392 e. The maximum Gasteiger partial charge on any atom is 0.319 e. The number of halogens is 2. The average molecular weight is 339 g/mol. The third kappa shape index (κ3) is 4.91. The lowest BCUT2D eigenvalue weighted by molar-refractivity contribution is 0.252. The Morgan fingerprint density at radius 2 is 1.73 bits per heavy atom. The minimum absolute atomic E-state index is 0.0305. The minimum Gasteiger partial charge on any atom is -0.392 e. The number of aliphatic hydroxyl groups is 1. The summed E-state index contributed by atoms with van der Waals surface area (Å²) in [5, 5.41) is 15.3. The molecule has 2 aromatic rings. The molecule has 0 atom stereocenters. The molecule has 2 amide bonds. The van der Waals surface area contributed by atoms with Crippen molar-refractivity contribution in [2.45, 2.75) is 13.0 Å². The van der Waals surface area contributed by atoms with Crippen LogP contribution in [0.1, 0.15) is 11.1 Å². The molecule has 2 aromatic carbocycles. The summed E-state index contributed by atoms with van der Waals surface area (Å²) in [6, 6.07) is 12.1. The Balaban J connectivity index is 1.79. The Morgan fingerprint density at radius 3 is 2.36 bits per heavy atom. The van der Waals surface area contributed by atoms with Gasteiger partial charge < -0.3 is 15.7 Å². The standard InChI is InChI=1S/C16H16Cl2N2O2/c17-13-5-6-15(14(18)9-13)20-16(22)19-8-7-11-1-3-12(10-21)4-2-11/h1-6,9,21H,7-8,10H2,(H2,19,20,22). The van der Waals surface area contributed by atoms with Gasteiger partial charge in [-0.1, -0.05) is 47.5 Å². The van der Waals surface area contributed by atoms with Crippen molar-refractivity contribution in [3.05, 3.63) is 63.6 Å².